The second kappa shape index (κ2) is 5.60. The number of pyridine rings is 1. The van der Waals surface area contributed by atoms with E-state index >= 15 is 0 Å². The highest BCUT2D eigenvalue weighted by atomic mass is 16.1. The van der Waals surface area contributed by atoms with Crippen molar-refractivity contribution in [3.63, 3.8) is 0 Å². The molecule has 0 spiro atoms. The molecule has 2 aromatic heterocycles. The second-order valence-electron chi connectivity index (χ2n) is 5.63. The first kappa shape index (κ1) is 13.7. The predicted octanol–water partition coefficient (Wildman–Crippen LogP) is 1.60. The number of carbonyl (C=O) groups excluding carboxylic acids is 1. The standard InChI is InChI=1S/C16H19N3O2/c17-15(21)13-4-3-5-14(13)16(18-8-1-2-9-18)19-10-6-12(20)7-11-19/h1-2,6-11,13-14,16H,3-5H2,(H2,17,21). The summed E-state index contributed by atoms with van der Waals surface area (Å²) in [4.78, 5) is 23.1. The van der Waals surface area contributed by atoms with Crippen molar-refractivity contribution in [2.45, 2.75) is 25.4 Å². The van der Waals surface area contributed by atoms with Crippen LogP contribution < -0.4 is 11.2 Å². The topological polar surface area (TPSA) is 70.0 Å². The number of hydrogen-bond donors (Lipinski definition) is 1. The lowest BCUT2D eigenvalue weighted by Crippen LogP contribution is -2.34. The summed E-state index contributed by atoms with van der Waals surface area (Å²) in [6.07, 6.45) is 10.3. The highest BCUT2D eigenvalue weighted by molar-refractivity contribution is 5.77. The zero-order chi connectivity index (χ0) is 14.8. The number of carbonyl (C=O) groups is 1. The summed E-state index contributed by atoms with van der Waals surface area (Å²) in [5.74, 6) is -0.190. The predicted molar refractivity (Wildman–Crippen MR) is 79.6 cm³/mol. The maximum Gasteiger partial charge on any atom is 0.220 e. The highest BCUT2D eigenvalue weighted by Crippen LogP contribution is 2.39. The van der Waals surface area contributed by atoms with Gasteiger partial charge in [-0.05, 0) is 25.0 Å². The monoisotopic (exact) mass is 285 g/mol. The van der Waals surface area contributed by atoms with Crippen molar-refractivity contribution in [1.82, 2.24) is 9.13 Å². The number of nitrogens with zero attached hydrogens (tertiary/aromatic N) is 2. The molecule has 3 atom stereocenters. The number of rotatable bonds is 4. The van der Waals surface area contributed by atoms with E-state index in [1.54, 1.807) is 24.5 Å². The van der Waals surface area contributed by atoms with Gasteiger partial charge in [0, 0.05) is 48.8 Å². The summed E-state index contributed by atoms with van der Waals surface area (Å²) in [7, 11) is 0. The van der Waals surface area contributed by atoms with Crippen molar-refractivity contribution < 1.29 is 4.79 Å². The Balaban J connectivity index is 2.02. The molecule has 5 nitrogen and oxygen atoms in total. The van der Waals surface area contributed by atoms with Crippen LogP contribution in [0.25, 0.3) is 0 Å². The Morgan fingerprint density at radius 1 is 1.10 bits per heavy atom. The van der Waals surface area contributed by atoms with Crippen LogP contribution in [0.2, 0.25) is 0 Å². The van der Waals surface area contributed by atoms with Crippen LogP contribution in [0.1, 0.15) is 25.4 Å². The van der Waals surface area contributed by atoms with Gasteiger partial charge in [-0.15, -0.1) is 0 Å². The molecule has 0 aromatic carbocycles. The lowest BCUT2D eigenvalue weighted by atomic mass is 9.92. The van der Waals surface area contributed by atoms with E-state index in [2.05, 4.69) is 4.57 Å². The van der Waals surface area contributed by atoms with Crippen molar-refractivity contribution in [3.8, 4) is 0 Å². The van der Waals surface area contributed by atoms with Crippen LogP contribution >= 0.6 is 0 Å². The van der Waals surface area contributed by atoms with E-state index in [1.807, 2.05) is 29.1 Å². The molecule has 1 aliphatic rings. The largest absolute Gasteiger partial charge is 0.369 e. The zero-order valence-electron chi connectivity index (χ0n) is 11.8. The van der Waals surface area contributed by atoms with Crippen LogP contribution in [0.15, 0.2) is 53.8 Å². The molecule has 21 heavy (non-hydrogen) atoms. The molecular weight excluding hydrogens is 266 g/mol. The van der Waals surface area contributed by atoms with Gasteiger partial charge in [-0.2, -0.15) is 0 Å². The summed E-state index contributed by atoms with van der Waals surface area (Å²) in [6, 6.07) is 7.02. The van der Waals surface area contributed by atoms with Gasteiger partial charge in [0.2, 0.25) is 5.91 Å². The van der Waals surface area contributed by atoms with Gasteiger partial charge in [0.05, 0.1) is 0 Å². The molecule has 3 unspecified atom stereocenters. The molecule has 0 aliphatic heterocycles. The number of amides is 1. The first-order valence-electron chi connectivity index (χ1n) is 7.26. The maximum absolute atomic E-state index is 11.7. The fraction of sp³-hybridized carbons (Fsp3) is 0.375. The quantitative estimate of drug-likeness (QED) is 0.927. The zero-order valence-corrected chi connectivity index (χ0v) is 11.8. The normalized spacial score (nSPS) is 23.0. The molecule has 1 amide bonds. The van der Waals surface area contributed by atoms with Gasteiger partial charge in [0.1, 0.15) is 6.17 Å². The van der Waals surface area contributed by atoms with Crippen LogP contribution in [0.3, 0.4) is 0 Å². The average Bonchev–Trinajstić information content (AvgIpc) is 3.13. The number of primary amides is 1. The fourth-order valence-electron chi connectivity index (χ4n) is 3.42. The van der Waals surface area contributed by atoms with Crippen molar-refractivity contribution >= 4 is 5.91 Å². The minimum Gasteiger partial charge on any atom is -0.369 e. The lowest BCUT2D eigenvalue weighted by molar-refractivity contribution is -0.123. The third kappa shape index (κ3) is 2.63. The molecule has 0 radical (unpaired) electrons. The van der Waals surface area contributed by atoms with Crippen LogP contribution in [-0.2, 0) is 4.79 Å². The van der Waals surface area contributed by atoms with Crippen LogP contribution in [0, 0.1) is 11.8 Å². The van der Waals surface area contributed by atoms with Gasteiger partial charge in [-0.3, -0.25) is 9.59 Å². The van der Waals surface area contributed by atoms with Crippen LogP contribution in [0.5, 0.6) is 0 Å². The lowest BCUT2D eigenvalue weighted by Gasteiger charge is -2.31. The molecule has 5 heteroatoms. The summed E-state index contributed by atoms with van der Waals surface area (Å²) < 4.78 is 4.07. The van der Waals surface area contributed by atoms with Gasteiger partial charge in [-0.25, -0.2) is 0 Å². The number of nitrogens with two attached hydrogens (primary N) is 1. The summed E-state index contributed by atoms with van der Waals surface area (Å²) in [5, 5.41) is 0. The maximum atomic E-state index is 11.7. The van der Waals surface area contributed by atoms with Crippen LogP contribution in [0.4, 0.5) is 0 Å². The molecule has 110 valence electrons. The number of hydrogen-bond acceptors (Lipinski definition) is 2. The van der Waals surface area contributed by atoms with E-state index in [9.17, 15) is 9.59 Å². The third-order valence-corrected chi connectivity index (χ3v) is 4.38. The highest BCUT2D eigenvalue weighted by Gasteiger charge is 2.38. The van der Waals surface area contributed by atoms with Gasteiger partial charge in [-0.1, -0.05) is 6.42 Å². The fourth-order valence-corrected chi connectivity index (χ4v) is 3.42. The third-order valence-electron chi connectivity index (χ3n) is 4.38. The van der Waals surface area contributed by atoms with Gasteiger partial charge in [0.25, 0.3) is 0 Å². The first-order valence-corrected chi connectivity index (χ1v) is 7.26. The molecule has 2 aromatic rings. The Labute approximate surface area is 123 Å². The van der Waals surface area contributed by atoms with Gasteiger partial charge >= 0.3 is 0 Å². The van der Waals surface area contributed by atoms with E-state index in [0.29, 0.717) is 0 Å². The number of aromatic nitrogens is 2. The second-order valence-corrected chi connectivity index (χ2v) is 5.63. The van der Waals surface area contributed by atoms with Crippen LogP contribution in [-0.4, -0.2) is 15.0 Å². The Morgan fingerprint density at radius 3 is 2.33 bits per heavy atom. The Kier molecular flexibility index (Phi) is 3.64. The Bertz CT molecular complexity index is 655. The molecule has 2 N–H and O–H groups in total. The molecule has 0 bridgehead atoms. The van der Waals surface area contributed by atoms with E-state index in [-0.39, 0.29) is 29.3 Å². The average molecular weight is 285 g/mol. The van der Waals surface area contributed by atoms with Gasteiger partial charge < -0.3 is 14.9 Å². The Hall–Kier alpha value is -2.30. The minimum absolute atomic E-state index is 0.0182. The molecule has 3 rings (SSSR count). The molecule has 1 aliphatic carbocycles. The molecule has 1 fully saturated rings. The van der Waals surface area contributed by atoms with E-state index in [1.165, 1.54) is 0 Å². The van der Waals surface area contributed by atoms with Crippen molar-refractivity contribution in [1.29, 1.82) is 0 Å². The molecule has 1 saturated carbocycles. The van der Waals surface area contributed by atoms with Gasteiger partial charge in [0.15, 0.2) is 5.43 Å². The summed E-state index contributed by atoms with van der Waals surface area (Å²) in [5.41, 5.74) is 5.56. The molecule has 0 saturated heterocycles. The first-order chi connectivity index (χ1) is 10.2. The van der Waals surface area contributed by atoms with Crippen molar-refractivity contribution in [2.24, 2.45) is 17.6 Å². The van der Waals surface area contributed by atoms with E-state index < -0.39 is 0 Å². The summed E-state index contributed by atoms with van der Waals surface area (Å²) >= 11 is 0. The molecular formula is C16H19N3O2. The SMILES string of the molecule is NC(=O)C1CCCC1C(n1cccc1)n1ccc(=O)cc1. The summed E-state index contributed by atoms with van der Waals surface area (Å²) in [6.45, 7) is 0. The molecule has 2 heterocycles. The van der Waals surface area contributed by atoms with E-state index in [0.717, 1.165) is 19.3 Å². The van der Waals surface area contributed by atoms with Crippen molar-refractivity contribution in [3.05, 3.63) is 59.3 Å². The smallest absolute Gasteiger partial charge is 0.220 e. The minimum atomic E-state index is -0.226. The Morgan fingerprint density at radius 2 is 1.71 bits per heavy atom. The van der Waals surface area contributed by atoms with Crippen molar-refractivity contribution in [2.75, 3.05) is 0 Å². The van der Waals surface area contributed by atoms with E-state index in [4.69, 9.17) is 5.73 Å².